The molecule has 0 saturated carbocycles. The van der Waals surface area contributed by atoms with Gasteiger partial charge in [0.05, 0.1) is 22.8 Å². The predicted octanol–water partition coefficient (Wildman–Crippen LogP) is 6.80. The molecule has 5 rings (SSSR count). The Morgan fingerprint density at radius 3 is 2.50 bits per heavy atom. The van der Waals surface area contributed by atoms with Gasteiger partial charge in [0.2, 0.25) is 0 Å². The molecule has 0 bridgehead atoms. The lowest BCUT2D eigenvalue weighted by molar-refractivity contribution is -0.274. The zero-order valence-corrected chi connectivity index (χ0v) is 19.6. The number of fused-ring (bicyclic) bond motifs is 1. The van der Waals surface area contributed by atoms with Gasteiger partial charge in [0.1, 0.15) is 11.6 Å². The molecule has 6 nitrogen and oxygen atoms in total. The second-order valence-electron chi connectivity index (χ2n) is 8.27. The number of rotatable bonds is 5. The fourth-order valence-corrected chi connectivity index (χ4v) is 4.05. The molecule has 3 heterocycles. The fraction of sp³-hybridized carbons (Fsp3) is 0.0741. The summed E-state index contributed by atoms with van der Waals surface area (Å²) in [4.78, 5) is 20.8. The third-order valence-corrected chi connectivity index (χ3v) is 5.78. The van der Waals surface area contributed by atoms with Gasteiger partial charge in [0.15, 0.2) is 11.6 Å². The maximum atomic E-state index is 14.5. The molecule has 0 radical (unpaired) electrons. The van der Waals surface area contributed by atoms with Crippen LogP contribution in [-0.2, 0) is 0 Å². The number of carbonyl (C=O) groups excluding carboxylic acids is 1. The number of ether oxygens (including phenoxy) is 1. The summed E-state index contributed by atoms with van der Waals surface area (Å²) in [5.41, 5.74) is 1.22. The standard InChI is InChI=1S/C27H17F5N4O2/c1-15-11-23(38-27(30,31)32)19(12-21(15)35-26(37)16-5-3-9-33-13-16)17-7-4-10-36-22(17)14-34-25(36)18-6-2-8-20(28)24(18)29/h2-14H,1H3,(H,35,37). The Labute approximate surface area is 212 Å². The van der Waals surface area contributed by atoms with Crippen molar-refractivity contribution in [1.82, 2.24) is 14.4 Å². The molecule has 5 aromatic rings. The molecule has 0 spiro atoms. The van der Waals surface area contributed by atoms with E-state index in [1.165, 1.54) is 66.4 Å². The molecule has 0 fully saturated rings. The van der Waals surface area contributed by atoms with Gasteiger partial charge in [-0.05, 0) is 55.0 Å². The quantitative estimate of drug-likeness (QED) is 0.257. The monoisotopic (exact) mass is 524 g/mol. The van der Waals surface area contributed by atoms with Crippen LogP contribution in [0.1, 0.15) is 15.9 Å². The maximum absolute atomic E-state index is 14.5. The first-order valence-corrected chi connectivity index (χ1v) is 11.1. The van der Waals surface area contributed by atoms with Crippen LogP contribution >= 0.6 is 0 Å². The number of hydrogen-bond acceptors (Lipinski definition) is 4. The molecule has 192 valence electrons. The van der Waals surface area contributed by atoms with Gasteiger partial charge in [-0.15, -0.1) is 13.2 Å². The largest absolute Gasteiger partial charge is 0.573 e. The third-order valence-electron chi connectivity index (χ3n) is 5.78. The van der Waals surface area contributed by atoms with Crippen molar-refractivity contribution < 1.29 is 31.5 Å². The highest BCUT2D eigenvalue weighted by atomic mass is 19.4. The Morgan fingerprint density at radius 2 is 1.76 bits per heavy atom. The SMILES string of the molecule is Cc1cc(OC(F)(F)F)c(-c2cccn3c(-c4cccc(F)c4F)ncc23)cc1NC(=O)c1cccnc1. The molecule has 0 aliphatic carbocycles. The number of pyridine rings is 2. The molecule has 1 amide bonds. The minimum Gasteiger partial charge on any atom is -0.405 e. The van der Waals surface area contributed by atoms with Gasteiger partial charge in [-0.1, -0.05) is 12.1 Å². The second kappa shape index (κ2) is 9.58. The average Bonchev–Trinajstić information content (AvgIpc) is 3.31. The second-order valence-corrected chi connectivity index (χ2v) is 8.27. The van der Waals surface area contributed by atoms with Gasteiger partial charge in [-0.25, -0.2) is 13.8 Å². The van der Waals surface area contributed by atoms with E-state index >= 15 is 0 Å². The first-order valence-electron chi connectivity index (χ1n) is 11.1. The maximum Gasteiger partial charge on any atom is 0.573 e. The molecular weight excluding hydrogens is 507 g/mol. The number of imidazole rings is 1. The number of benzene rings is 2. The molecule has 0 aliphatic rings. The minimum atomic E-state index is -5.00. The fourth-order valence-electron chi connectivity index (χ4n) is 4.05. The molecule has 1 N–H and O–H groups in total. The van der Waals surface area contributed by atoms with Crippen molar-refractivity contribution in [2.75, 3.05) is 5.32 Å². The van der Waals surface area contributed by atoms with E-state index in [9.17, 15) is 26.7 Å². The van der Waals surface area contributed by atoms with Crippen LogP contribution in [0, 0.1) is 18.6 Å². The lowest BCUT2D eigenvalue weighted by atomic mass is 10.0. The van der Waals surface area contributed by atoms with E-state index in [0.717, 1.165) is 12.1 Å². The van der Waals surface area contributed by atoms with Gasteiger partial charge in [-0.2, -0.15) is 0 Å². The van der Waals surface area contributed by atoms with Gasteiger partial charge in [-0.3, -0.25) is 14.2 Å². The number of halogens is 5. The Kier molecular flexibility index (Phi) is 6.27. The van der Waals surface area contributed by atoms with Crippen LogP contribution in [0.3, 0.4) is 0 Å². The number of nitrogens with zero attached hydrogens (tertiary/aromatic N) is 3. The van der Waals surface area contributed by atoms with Crippen LogP contribution in [-0.4, -0.2) is 26.6 Å². The van der Waals surface area contributed by atoms with E-state index in [2.05, 4.69) is 20.0 Å². The summed E-state index contributed by atoms with van der Waals surface area (Å²) in [7, 11) is 0. The number of aryl methyl sites for hydroxylation is 1. The first-order chi connectivity index (χ1) is 18.1. The molecule has 3 aromatic heterocycles. The molecule has 38 heavy (non-hydrogen) atoms. The van der Waals surface area contributed by atoms with E-state index < -0.39 is 29.7 Å². The topological polar surface area (TPSA) is 68.5 Å². The van der Waals surface area contributed by atoms with Gasteiger partial charge < -0.3 is 10.1 Å². The van der Waals surface area contributed by atoms with Crippen LogP contribution < -0.4 is 10.1 Å². The minimum absolute atomic E-state index is 0.00817. The highest BCUT2D eigenvalue weighted by Gasteiger charge is 2.33. The van der Waals surface area contributed by atoms with Gasteiger partial charge in [0, 0.05) is 35.4 Å². The van der Waals surface area contributed by atoms with Crippen LogP contribution in [0.25, 0.3) is 28.0 Å². The Morgan fingerprint density at radius 1 is 0.974 bits per heavy atom. The molecule has 11 heteroatoms. The van der Waals surface area contributed by atoms with Crippen LogP contribution in [0.4, 0.5) is 27.6 Å². The van der Waals surface area contributed by atoms with Crippen molar-refractivity contribution in [2.45, 2.75) is 13.3 Å². The average molecular weight is 524 g/mol. The molecule has 2 aromatic carbocycles. The summed E-state index contributed by atoms with van der Waals surface area (Å²) < 4.78 is 74.1. The lowest BCUT2D eigenvalue weighted by Crippen LogP contribution is -2.18. The number of carbonyl (C=O) groups is 1. The molecular formula is C27H17F5N4O2. The smallest absolute Gasteiger partial charge is 0.405 e. The van der Waals surface area contributed by atoms with Crippen molar-refractivity contribution in [3.8, 4) is 28.3 Å². The van der Waals surface area contributed by atoms with E-state index in [1.807, 2.05) is 0 Å². The number of alkyl halides is 3. The van der Waals surface area contributed by atoms with Crippen molar-refractivity contribution in [3.63, 3.8) is 0 Å². The van der Waals surface area contributed by atoms with E-state index in [1.54, 1.807) is 12.1 Å². The summed E-state index contributed by atoms with van der Waals surface area (Å²) in [6.45, 7) is 1.52. The molecule has 0 saturated heterocycles. The normalized spacial score (nSPS) is 11.5. The lowest BCUT2D eigenvalue weighted by Gasteiger charge is -2.18. The molecule has 0 unspecified atom stereocenters. The first kappa shape index (κ1) is 24.9. The Hall–Kier alpha value is -4.80. The summed E-state index contributed by atoms with van der Waals surface area (Å²) in [5.74, 6) is -3.15. The summed E-state index contributed by atoms with van der Waals surface area (Å²) in [6, 6.07) is 12.3. The Balaban J connectivity index is 1.66. The van der Waals surface area contributed by atoms with Gasteiger partial charge in [0.25, 0.3) is 5.91 Å². The predicted molar refractivity (Wildman–Crippen MR) is 130 cm³/mol. The highest BCUT2D eigenvalue weighted by Crippen LogP contribution is 2.40. The third kappa shape index (κ3) is 4.77. The number of aromatic nitrogens is 3. The van der Waals surface area contributed by atoms with Crippen molar-refractivity contribution in [3.05, 3.63) is 102 Å². The van der Waals surface area contributed by atoms with Gasteiger partial charge >= 0.3 is 6.36 Å². The van der Waals surface area contributed by atoms with Crippen molar-refractivity contribution >= 4 is 17.1 Å². The van der Waals surface area contributed by atoms with Crippen molar-refractivity contribution in [2.24, 2.45) is 0 Å². The summed E-state index contributed by atoms with van der Waals surface area (Å²) >= 11 is 0. The van der Waals surface area contributed by atoms with Crippen LogP contribution in [0.15, 0.2) is 79.4 Å². The van der Waals surface area contributed by atoms with E-state index in [-0.39, 0.29) is 33.8 Å². The molecule has 0 aliphatic heterocycles. The summed E-state index contributed by atoms with van der Waals surface area (Å²) in [5, 5.41) is 2.69. The van der Waals surface area contributed by atoms with E-state index in [4.69, 9.17) is 0 Å². The molecule has 0 atom stereocenters. The number of amides is 1. The van der Waals surface area contributed by atoms with Crippen LogP contribution in [0.5, 0.6) is 5.75 Å². The van der Waals surface area contributed by atoms with Crippen molar-refractivity contribution in [1.29, 1.82) is 0 Å². The summed E-state index contributed by atoms with van der Waals surface area (Å²) in [6.07, 6.45) is 0.713. The number of nitrogens with one attached hydrogen (secondary N) is 1. The Bertz CT molecular complexity index is 1670. The zero-order chi connectivity index (χ0) is 27.0. The van der Waals surface area contributed by atoms with E-state index in [0.29, 0.717) is 11.1 Å². The number of hydrogen-bond donors (Lipinski definition) is 1. The van der Waals surface area contributed by atoms with Crippen LogP contribution in [0.2, 0.25) is 0 Å². The highest BCUT2D eigenvalue weighted by molar-refractivity contribution is 6.05. The number of anilines is 1. The zero-order valence-electron chi connectivity index (χ0n) is 19.6.